The van der Waals surface area contributed by atoms with Gasteiger partial charge in [-0.2, -0.15) is 0 Å². The predicted octanol–water partition coefficient (Wildman–Crippen LogP) is 1.85. The molecule has 8 heteroatoms. The molecule has 4 N–H and O–H groups in total. The number of aromatic hydroxyl groups is 1. The fourth-order valence-electron chi connectivity index (χ4n) is 2.67. The summed E-state index contributed by atoms with van der Waals surface area (Å²) in [4.78, 5) is 35.6. The number of phenolic OH excluding ortho intramolecular Hbond substituents is 1. The van der Waals surface area contributed by atoms with Crippen molar-refractivity contribution in [2.24, 2.45) is 0 Å². The van der Waals surface area contributed by atoms with Crippen LogP contribution in [0.5, 0.6) is 5.75 Å². The molecule has 1 heterocycles. The molecule has 3 rings (SSSR count). The highest BCUT2D eigenvalue weighted by molar-refractivity contribution is 6.02. The summed E-state index contributed by atoms with van der Waals surface area (Å²) < 4.78 is 0. The van der Waals surface area contributed by atoms with Gasteiger partial charge in [-0.3, -0.25) is 19.8 Å². The van der Waals surface area contributed by atoms with E-state index in [1.54, 1.807) is 36.4 Å². The standard InChI is InChI=1S/C18H17N3O5/c22-12-7-5-11(6-8-12)17-19-14-4-2-1-3-13(14)18(26)21(17)20-15(23)9-10-16(24)25/h1-8,17,19,22H,9-10H2,(H,20,23)(H,24,25). The van der Waals surface area contributed by atoms with Crippen LogP contribution in [0.1, 0.15) is 34.9 Å². The van der Waals surface area contributed by atoms with Crippen LogP contribution in [0.2, 0.25) is 0 Å². The Morgan fingerprint density at radius 2 is 1.77 bits per heavy atom. The summed E-state index contributed by atoms with van der Waals surface area (Å²) in [6.45, 7) is 0. The first-order chi connectivity index (χ1) is 12.5. The van der Waals surface area contributed by atoms with Crippen molar-refractivity contribution < 1.29 is 24.6 Å². The van der Waals surface area contributed by atoms with Crippen LogP contribution < -0.4 is 10.7 Å². The molecule has 2 aromatic rings. The lowest BCUT2D eigenvalue weighted by molar-refractivity contribution is -0.139. The summed E-state index contributed by atoms with van der Waals surface area (Å²) >= 11 is 0. The number of carbonyl (C=O) groups excluding carboxylic acids is 2. The zero-order valence-corrected chi connectivity index (χ0v) is 13.7. The second-order valence-corrected chi connectivity index (χ2v) is 5.79. The van der Waals surface area contributed by atoms with Crippen molar-refractivity contribution in [3.05, 3.63) is 59.7 Å². The van der Waals surface area contributed by atoms with Crippen molar-refractivity contribution in [1.29, 1.82) is 0 Å². The van der Waals surface area contributed by atoms with Crippen molar-refractivity contribution in [2.45, 2.75) is 19.0 Å². The van der Waals surface area contributed by atoms with Gasteiger partial charge in [0, 0.05) is 12.1 Å². The molecule has 0 spiro atoms. The maximum absolute atomic E-state index is 12.8. The Kier molecular flexibility index (Phi) is 4.74. The van der Waals surface area contributed by atoms with E-state index in [9.17, 15) is 19.5 Å². The normalized spacial score (nSPS) is 15.8. The number of carboxylic acid groups (broad SMARTS) is 1. The van der Waals surface area contributed by atoms with Crippen LogP contribution in [0.15, 0.2) is 48.5 Å². The summed E-state index contributed by atoms with van der Waals surface area (Å²) in [6, 6.07) is 13.1. The lowest BCUT2D eigenvalue weighted by atomic mass is 10.0. The predicted molar refractivity (Wildman–Crippen MR) is 92.1 cm³/mol. The Bertz CT molecular complexity index is 850. The number of nitrogens with one attached hydrogen (secondary N) is 2. The van der Waals surface area contributed by atoms with E-state index in [1.807, 2.05) is 0 Å². The lowest BCUT2D eigenvalue weighted by Gasteiger charge is -2.37. The van der Waals surface area contributed by atoms with Crippen molar-refractivity contribution in [3.8, 4) is 5.75 Å². The fourth-order valence-corrected chi connectivity index (χ4v) is 2.67. The van der Waals surface area contributed by atoms with Crippen molar-refractivity contribution in [3.63, 3.8) is 0 Å². The molecular weight excluding hydrogens is 338 g/mol. The van der Waals surface area contributed by atoms with Gasteiger partial charge in [0.25, 0.3) is 5.91 Å². The van der Waals surface area contributed by atoms with E-state index in [4.69, 9.17) is 5.11 Å². The molecule has 0 fully saturated rings. The summed E-state index contributed by atoms with van der Waals surface area (Å²) in [5, 5.41) is 22.5. The average molecular weight is 355 g/mol. The molecule has 1 aliphatic rings. The largest absolute Gasteiger partial charge is 0.508 e. The van der Waals surface area contributed by atoms with E-state index >= 15 is 0 Å². The molecule has 0 saturated carbocycles. The number of phenols is 1. The third-order valence-corrected chi connectivity index (χ3v) is 3.95. The first-order valence-corrected chi connectivity index (χ1v) is 7.95. The van der Waals surface area contributed by atoms with Crippen LogP contribution in [0, 0.1) is 0 Å². The Balaban J connectivity index is 1.91. The molecule has 2 aromatic carbocycles. The van der Waals surface area contributed by atoms with Gasteiger partial charge in [0.05, 0.1) is 12.0 Å². The molecule has 1 aliphatic heterocycles. The molecule has 0 saturated heterocycles. The van der Waals surface area contributed by atoms with Crippen LogP contribution in [-0.4, -0.2) is 33.0 Å². The number of benzene rings is 2. The van der Waals surface area contributed by atoms with Crippen LogP contribution in [0.3, 0.4) is 0 Å². The third kappa shape index (κ3) is 3.59. The van der Waals surface area contributed by atoms with Crippen LogP contribution >= 0.6 is 0 Å². The Hall–Kier alpha value is -3.55. The minimum atomic E-state index is -1.09. The Morgan fingerprint density at radius 3 is 2.46 bits per heavy atom. The van der Waals surface area contributed by atoms with Gasteiger partial charge in [0.15, 0.2) is 0 Å². The van der Waals surface area contributed by atoms with E-state index in [0.29, 0.717) is 16.8 Å². The minimum absolute atomic E-state index is 0.0772. The second kappa shape index (κ2) is 7.14. The number of aliphatic carboxylic acids is 1. The number of hydrazine groups is 1. The highest BCUT2D eigenvalue weighted by atomic mass is 16.4. The molecule has 134 valence electrons. The van der Waals surface area contributed by atoms with Crippen LogP contribution in [0.4, 0.5) is 5.69 Å². The number of rotatable bonds is 5. The second-order valence-electron chi connectivity index (χ2n) is 5.79. The highest BCUT2D eigenvalue weighted by Gasteiger charge is 2.34. The monoisotopic (exact) mass is 355 g/mol. The smallest absolute Gasteiger partial charge is 0.303 e. The summed E-state index contributed by atoms with van der Waals surface area (Å²) in [7, 11) is 0. The number of amides is 2. The van der Waals surface area contributed by atoms with E-state index in [0.717, 1.165) is 5.01 Å². The quantitative estimate of drug-likeness (QED) is 0.650. The summed E-state index contributed by atoms with van der Waals surface area (Å²) in [5.74, 6) is -2.01. The number of hydrogen-bond donors (Lipinski definition) is 4. The number of carboxylic acids is 1. The number of para-hydroxylation sites is 1. The fraction of sp³-hybridized carbons (Fsp3) is 0.167. The van der Waals surface area contributed by atoms with Gasteiger partial charge in [-0.25, -0.2) is 5.01 Å². The zero-order chi connectivity index (χ0) is 18.7. The zero-order valence-electron chi connectivity index (χ0n) is 13.7. The number of carbonyl (C=O) groups is 3. The summed E-state index contributed by atoms with van der Waals surface area (Å²) in [6.07, 6.45) is -1.28. The Morgan fingerprint density at radius 1 is 1.08 bits per heavy atom. The number of fused-ring (bicyclic) bond motifs is 1. The molecule has 0 aromatic heterocycles. The molecule has 8 nitrogen and oxygen atoms in total. The molecule has 2 amide bonds. The Labute approximate surface area is 149 Å². The van der Waals surface area contributed by atoms with E-state index in [-0.39, 0.29) is 18.6 Å². The summed E-state index contributed by atoms with van der Waals surface area (Å²) in [5.41, 5.74) is 4.13. The highest BCUT2D eigenvalue weighted by Crippen LogP contribution is 2.32. The number of anilines is 1. The van der Waals surface area contributed by atoms with Crippen molar-refractivity contribution in [2.75, 3.05) is 5.32 Å². The average Bonchev–Trinajstić information content (AvgIpc) is 2.63. The first kappa shape index (κ1) is 17.3. The van der Waals surface area contributed by atoms with E-state index in [1.165, 1.54) is 12.1 Å². The molecule has 0 aliphatic carbocycles. The molecule has 1 unspecified atom stereocenters. The van der Waals surface area contributed by atoms with Gasteiger partial charge in [-0.1, -0.05) is 24.3 Å². The number of nitrogens with zero attached hydrogens (tertiary/aromatic N) is 1. The van der Waals surface area contributed by atoms with E-state index in [2.05, 4.69) is 10.7 Å². The van der Waals surface area contributed by atoms with Crippen LogP contribution in [-0.2, 0) is 9.59 Å². The topological polar surface area (TPSA) is 119 Å². The molecule has 1 atom stereocenters. The van der Waals surface area contributed by atoms with E-state index < -0.39 is 23.9 Å². The molecule has 26 heavy (non-hydrogen) atoms. The third-order valence-electron chi connectivity index (χ3n) is 3.95. The van der Waals surface area contributed by atoms with Gasteiger partial charge >= 0.3 is 5.97 Å². The van der Waals surface area contributed by atoms with Gasteiger partial charge < -0.3 is 15.5 Å². The van der Waals surface area contributed by atoms with Crippen LogP contribution in [0.25, 0.3) is 0 Å². The lowest BCUT2D eigenvalue weighted by Crippen LogP contribution is -2.52. The maximum Gasteiger partial charge on any atom is 0.303 e. The van der Waals surface area contributed by atoms with Gasteiger partial charge in [0.1, 0.15) is 11.9 Å². The molecule has 0 bridgehead atoms. The van der Waals surface area contributed by atoms with Gasteiger partial charge in [-0.05, 0) is 29.8 Å². The number of hydrogen-bond acceptors (Lipinski definition) is 5. The maximum atomic E-state index is 12.8. The minimum Gasteiger partial charge on any atom is -0.508 e. The SMILES string of the molecule is O=C(O)CCC(=O)NN1C(=O)c2ccccc2NC1c1ccc(O)cc1. The van der Waals surface area contributed by atoms with Crippen molar-refractivity contribution >= 4 is 23.5 Å². The first-order valence-electron chi connectivity index (χ1n) is 7.95. The van der Waals surface area contributed by atoms with Gasteiger partial charge in [-0.15, -0.1) is 0 Å². The molecule has 0 radical (unpaired) electrons. The molecular formula is C18H17N3O5. The van der Waals surface area contributed by atoms with Crippen molar-refractivity contribution in [1.82, 2.24) is 10.4 Å². The van der Waals surface area contributed by atoms with Gasteiger partial charge in [0.2, 0.25) is 5.91 Å².